The number of hydrogen-bond acceptors (Lipinski definition) is 15. The third-order valence-electron chi connectivity index (χ3n) is 17.9. The molecule has 0 amide bonds. The number of carbonyl (C=O) groups is 4. The van der Waals surface area contributed by atoms with Crippen LogP contribution in [0.25, 0.3) is 0 Å². The summed E-state index contributed by atoms with van der Waals surface area (Å²) in [4.78, 5) is 72.8. The van der Waals surface area contributed by atoms with Crippen LogP contribution >= 0.6 is 15.6 Å². The summed E-state index contributed by atoms with van der Waals surface area (Å²) in [5, 5.41) is 10.6. The zero-order valence-corrected chi connectivity index (χ0v) is 64.1. The first-order chi connectivity index (χ1) is 45.6. The van der Waals surface area contributed by atoms with Gasteiger partial charge in [0.05, 0.1) is 26.4 Å². The van der Waals surface area contributed by atoms with E-state index in [9.17, 15) is 43.2 Å². The standard InChI is InChI=1S/C76H148O17P2/c1-9-69(8)55-47-39-30-26-27-33-43-51-59-76(81)93-72(63-87-74(79)57-49-41-35-34-38-46-54-68(6)7)65-91-95(84,85)89-61-70(77)60-88-94(82,83)90-64-71(62-86-73(78)56-48-40-31-24-20-17-13-15-19-23-29-37-45-53-67(4)5)92-75(80)58-50-42-32-25-21-16-12-10-11-14-18-22-28-36-44-52-66(2)3/h66-72,77H,9-65H2,1-8H3,(H,82,83)(H,84,85)/t69?,70-,71-,72-/m1/s1. The molecule has 0 saturated carbocycles. The minimum Gasteiger partial charge on any atom is -0.462 e. The molecule has 17 nitrogen and oxygen atoms in total. The number of aliphatic hydroxyl groups excluding tert-OH is 1. The Kier molecular flexibility index (Phi) is 64.0. The van der Waals surface area contributed by atoms with Gasteiger partial charge < -0.3 is 33.8 Å². The molecule has 0 aliphatic rings. The van der Waals surface area contributed by atoms with Gasteiger partial charge in [-0.1, -0.05) is 331 Å². The highest BCUT2D eigenvalue weighted by Gasteiger charge is 2.30. The van der Waals surface area contributed by atoms with E-state index < -0.39 is 97.5 Å². The van der Waals surface area contributed by atoms with Gasteiger partial charge in [-0.05, 0) is 49.4 Å². The predicted molar refractivity (Wildman–Crippen MR) is 386 cm³/mol. The molecule has 0 aliphatic heterocycles. The van der Waals surface area contributed by atoms with E-state index in [-0.39, 0.29) is 25.7 Å². The molecule has 564 valence electrons. The van der Waals surface area contributed by atoms with Crippen LogP contribution in [0, 0.1) is 23.7 Å². The van der Waals surface area contributed by atoms with Crippen LogP contribution in [0.4, 0.5) is 0 Å². The molecular weight excluding hydrogens is 1250 g/mol. The fraction of sp³-hybridized carbons (Fsp3) is 0.947. The average Bonchev–Trinajstić information content (AvgIpc) is 1.14. The molecule has 95 heavy (non-hydrogen) atoms. The minimum absolute atomic E-state index is 0.104. The van der Waals surface area contributed by atoms with Gasteiger partial charge in [-0.3, -0.25) is 37.3 Å². The van der Waals surface area contributed by atoms with Crippen molar-refractivity contribution in [2.24, 2.45) is 23.7 Å². The molecule has 0 aromatic carbocycles. The third kappa shape index (κ3) is 69.0. The first-order valence-corrected chi connectivity index (χ1v) is 42.2. The van der Waals surface area contributed by atoms with Gasteiger partial charge in [0.25, 0.3) is 0 Å². The smallest absolute Gasteiger partial charge is 0.462 e. The first kappa shape index (κ1) is 93.1. The van der Waals surface area contributed by atoms with E-state index in [0.29, 0.717) is 31.6 Å². The minimum atomic E-state index is -4.96. The van der Waals surface area contributed by atoms with Crippen LogP contribution in [-0.2, 0) is 65.4 Å². The molecular formula is C76H148O17P2. The Balaban J connectivity index is 5.24. The van der Waals surface area contributed by atoms with Gasteiger partial charge in [-0.15, -0.1) is 0 Å². The molecule has 0 heterocycles. The van der Waals surface area contributed by atoms with E-state index in [1.54, 1.807) is 0 Å². The number of phosphoric ester groups is 2. The molecule has 0 rings (SSSR count). The van der Waals surface area contributed by atoms with Crippen LogP contribution < -0.4 is 0 Å². The van der Waals surface area contributed by atoms with Crippen LogP contribution in [0.15, 0.2) is 0 Å². The third-order valence-corrected chi connectivity index (χ3v) is 19.8. The Morgan fingerprint density at radius 1 is 0.295 bits per heavy atom. The van der Waals surface area contributed by atoms with E-state index in [4.69, 9.17) is 37.0 Å². The van der Waals surface area contributed by atoms with Crippen molar-refractivity contribution in [3.05, 3.63) is 0 Å². The van der Waals surface area contributed by atoms with Gasteiger partial charge in [0, 0.05) is 25.7 Å². The maximum atomic E-state index is 13.1. The number of phosphoric acid groups is 2. The summed E-state index contributed by atoms with van der Waals surface area (Å²) >= 11 is 0. The molecule has 6 atom stereocenters. The first-order valence-electron chi connectivity index (χ1n) is 39.2. The molecule has 0 spiro atoms. The highest BCUT2D eigenvalue weighted by atomic mass is 31.2. The molecule has 0 saturated heterocycles. The summed E-state index contributed by atoms with van der Waals surface area (Å²) in [6.45, 7) is 14.2. The second-order valence-electron chi connectivity index (χ2n) is 29.1. The fourth-order valence-electron chi connectivity index (χ4n) is 11.5. The van der Waals surface area contributed by atoms with Crippen molar-refractivity contribution in [2.75, 3.05) is 39.6 Å². The molecule has 19 heteroatoms. The lowest BCUT2D eigenvalue weighted by molar-refractivity contribution is -0.161. The highest BCUT2D eigenvalue weighted by Crippen LogP contribution is 2.45. The Morgan fingerprint density at radius 2 is 0.505 bits per heavy atom. The summed E-state index contributed by atoms with van der Waals surface area (Å²) in [5.74, 6) is 0.919. The summed E-state index contributed by atoms with van der Waals surface area (Å²) in [6, 6.07) is 0. The lowest BCUT2D eigenvalue weighted by atomic mass is 9.99. The molecule has 3 N–H and O–H groups in total. The predicted octanol–water partition coefficient (Wildman–Crippen LogP) is 22.0. The topological polar surface area (TPSA) is 237 Å². The Hall–Kier alpha value is -1.94. The highest BCUT2D eigenvalue weighted by molar-refractivity contribution is 7.47. The van der Waals surface area contributed by atoms with Gasteiger partial charge in [0.15, 0.2) is 12.2 Å². The van der Waals surface area contributed by atoms with Crippen molar-refractivity contribution in [1.29, 1.82) is 0 Å². The van der Waals surface area contributed by atoms with E-state index >= 15 is 0 Å². The van der Waals surface area contributed by atoms with Crippen molar-refractivity contribution in [3.63, 3.8) is 0 Å². The van der Waals surface area contributed by atoms with Crippen LogP contribution in [-0.4, -0.2) is 96.7 Å². The van der Waals surface area contributed by atoms with Crippen molar-refractivity contribution in [1.82, 2.24) is 0 Å². The summed E-state index contributed by atoms with van der Waals surface area (Å²) in [5.41, 5.74) is 0. The van der Waals surface area contributed by atoms with E-state index in [1.165, 1.54) is 180 Å². The molecule has 0 radical (unpaired) electrons. The van der Waals surface area contributed by atoms with Crippen LogP contribution in [0.1, 0.15) is 383 Å². The molecule has 0 aliphatic carbocycles. The van der Waals surface area contributed by atoms with Crippen LogP contribution in [0.3, 0.4) is 0 Å². The van der Waals surface area contributed by atoms with Crippen molar-refractivity contribution in [2.45, 2.75) is 401 Å². The van der Waals surface area contributed by atoms with Gasteiger partial charge in [0.2, 0.25) is 0 Å². The number of carbonyl (C=O) groups excluding carboxylic acids is 4. The number of esters is 4. The van der Waals surface area contributed by atoms with Crippen LogP contribution in [0.5, 0.6) is 0 Å². The van der Waals surface area contributed by atoms with Gasteiger partial charge in [-0.25, -0.2) is 9.13 Å². The fourth-order valence-corrected chi connectivity index (χ4v) is 13.1. The quantitative estimate of drug-likeness (QED) is 0.0222. The van der Waals surface area contributed by atoms with Crippen molar-refractivity contribution >= 4 is 39.5 Å². The normalized spacial score (nSPS) is 14.4. The lowest BCUT2D eigenvalue weighted by Gasteiger charge is -2.21. The van der Waals surface area contributed by atoms with Gasteiger partial charge in [-0.2, -0.15) is 0 Å². The molecule has 3 unspecified atom stereocenters. The van der Waals surface area contributed by atoms with E-state index in [0.717, 1.165) is 114 Å². The largest absolute Gasteiger partial charge is 0.472 e. The van der Waals surface area contributed by atoms with Crippen molar-refractivity contribution < 1.29 is 80.2 Å². The second kappa shape index (κ2) is 65.4. The summed E-state index contributed by atoms with van der Waals surface area (Å²) in [7, 11) is -9.91. The number of aliphatic hydroxyl groups is 1. The molecule has 0 aromatic heterocycles. The SMILES string of the molecule is CCC(C)CCCCCCCCCCC(=O)O[C@H](COC(=O)CCCCCCCCC(C)C)COP(=O)(O)OC[C@H](O)COP(=O)(O)OC[C@@H](COC(=O)CCCCCCCCCCCCCCCC(C)C)OC(=O)CCCCCCCCCCCCCCCCCC(C)C. The Morgan fingerprint density at radius 3 is 0.747 bits per heavy atom. The number of rotatable bonds is 73. The summed E-state index contributed by atoms with van der Waals surface area (Å²) < 4.78 is 68.5. The molecule has 0 bridgehead atoms. The maximum Gasteiger partial charge on any atom is 0.472 e. The van der Waals surface area contributed by atoms with E-state index in [2.05, 4.69) is 55.4 Å². The van der Waals surface area contributed by atoms with Gasteiger partial charge >= 0.3 is 39.5 Å². The van der Waals surface area contributed by atoms with Crippen LogP contribution in [0.2, 0.25) is 0 Å². The zero-order valence-electron chi connectivity index (χ0n) is 62.3. The van der Waals surface area contributed by atoms with Crippen molar-refractivity contribution in [3.8, 4) is 0 Å². The summed E-state index contributed by atoms with van der Waals surface area (Å²) in [6.07, 6.45) is 50.1. The molecule has 0 fully saturated rings. The Bertz CT molecular complexity index is 1870. The molecule has 0 aromatic rings. The van der Waals surface area contributed by atoms with Gasteiger partial charge in [0.1, 0.15) is 19.3 Å². The lowest BCUT2D eigenvalue weighted by Crippen LogP contribution is -2.30. The number of unbranched alkanes of at least 4 members (excludes halogenated alkanes) is 38. The average molecular weight is 1400 g/mol. The Labute approximate surface area is 581 Å². The maximum absolute atomic E-state index is 13.1. The number of hydrogen-bond donors (Lipinski definition) is 3. The second-order valence-corrected chi connectivity index (χ2v) is 32.0. The van der Waals surface area contributed by atoms with E-state index in [1.807, 2.05) is 0 Å². The zero-order chi connectivity index (χ0) is 70.3. The monoisotopic (exact) mass is 1400 g/mol. The number of ether oxygens (including phenoxy) is 4.